The Kier molecular flexibility index (Phi) is 5.60. The fourth-order valence-electron chi connectivity index (χ4n) is 2.43. The first-order chi connectivity index (χ1) is 13.3. The minimum Gasteiger partial charge on any atom is -0.308 e. The maximum Gasteiger partial charge on any atom is 0.323 e. The van der Waals surface area contributed by atoms with Crippen LogP contribution < -0.4 is 15.4 Å². The molecule has 0 bridgehead atoms. The van der Waals surface area contributed by atoms with Crippen molar-refractivity contribution < 1.29 is 17.6 Å². The summed E-state index contributed by atoms with van der Waals surface area (Å²) >= 11 is 0. The van der Waals surface area contributed by atoms with Gasteiger partial charge in [0.2, 0.25) is 0 Å². The zero-order valence-electron chi connectivity index (χ0n) is 14.9. The first-order valence-electron chi connectivity index (χ1n) is 8.35. The highest BCUT2D eigenvalue weighted by Gasteiger charge is 2.16. The van der Waals surface area contributed by atoms with E-state index in [2.05, 4.69) is 15.4 Å². The van der Waals surface area contributed by atoms with Crippen LogP contribution in [0.3, 0.4) is 0 Å². The molecule has 3 N–H and O–H groups in total. The van der Waals surface area contributed by atoms with E-state index in [4.69, 9.17) is 0 Å². The number of amides is 2. The summed E-state index contributed by atoms with van der Waals surface area (Å²) in [5.74, 6) is -0.601. The number of aryl methyl sites for hydroxylation is 1. The van der Waals surface area contributed by atoms with Crippen LogP contribution in [0, 0.1) is 12.7 Å². The molecule has 0 unspecified atom stereocenters. The zero-order valence-corrected chi connectivity index (χ0v) is 15.8. The minimum atomic E-state index is -3.96. The number of hydrogen-bond acceptors (Lipinski definition) is 3. The van der Waals surface area contributed by atoms with E-state index in [9.17, 15) is 17.6 Å². The van der Waals surface area contributed by atoms with Gasteiger partial charge in [-0.05, 0) is 55.0 Å². The second kappa shape index (κ2) is 8.10. The van der Waals surface area contributed by atoms with Crippen molar-refractivity contribution >= 4 is 33.1 Å². The Morgan fingerprint density at radius 3 is 2.18 bits per heavy atom. The lowest BCUT2D eigenvalue weighted by atomic mass is 10.2. The summed E-state index contributed by atoms with van der Waals surface area (Å²) in [6.45, 7) is 1.55. The highest BCUT2D eigenvalue weighted by molar-refractivity contribution is 7.92. The van der Waals surface area contributed by atoms with E-state index < -0.39 is 21.9 Å². The van der Waals surface area contributed by atoms with E-state index in [1.54, 1.807) is 43.3 Å². The molecule has 0 saturated carbocycles. The number of carbonyl (C=O) groups is 1. The van der Waals surface area contributed by atoms with Gasteiger partial charge in [-0.1, -0.05) is 30.3 Å². The Bertz CT molecular complexity index is 1100. The topological polar surface area (TPSA) is 87.3 Å². The largest absolute Gasteiger partial charge is 0.323 e. The van der Waals surface area contributed by atoms with Crippen molar-refractivity contribution in [2.24, 2.45) is 0 Å². The molecule has 0 saturated heterocycles. The number of sulfonamides is 1. The number of para-hydroxylation sites is 1. The van der Waals surface area contributed by atoms with Crippen LogP contribution in [0.5, 0.6) is 0 Å². The molecular weight excluding hydrogens is 381 g/mol. The molecule has 28 heavy (non-hydrogen) atoms. The zero-order chi connectivity index (χ0) is 20.1. The second-order valence-electron chi connectivity index (χ2n) is 6.04. The molecule has 0 aliphatic rings. The molecule has 0 aliphatic heterocycles. The predicted octanol–water partition coefficient (Wildman–Crippen LogP) is 4.58. The molecule has 3 rings (SSSR count). The lowest BCUT2D eigenvalue weighted by Gasteiger charge is -2.11. The normalized spacial score (nSPS) is 10.9. The molecule has 3 aromatic rings. The number of benzene rings is 3. The first kappa shape index (κ1) is 19.4. The molecular formula is C20H18FN3O3S. The van der Waals surface area contributed by atoms with Crippen LogP contribution in [-0.2, 0) is 10.0 Å². The Labute approximate surface area is 162 Å². The highest BCUT2D eigenvalue weighted by atomic mass is 32.2. The lowest BCUT2D eigenvalue weighted by molar-refractivity contribution is 0.262. The number of urea groups is 1. The quantitative estimate of drug-likeness (QED) is 0.587. The van der Waals surface area contributed by atoms with Crippen molar-refractivity contribution in [2.75, 3.05) is 15.4 Å². The summed E-state index contributed by atoms with van der Waals surface area (Å²) in [4.78, 5) is 11.9. The van der Waals surface area contributed by atoms with Gasteiger partial charge in [-0.2, -0.15) is 0 Å². The molecule has 0 aliphatic carbocycles. The number of carbonyl (C=O) groups excluding carboxylic acids is 1. The smallest absolute Gasteiger partial charge is 0.308 e. The van der Waals surface area contributed by atoms with Crippen molar-refractivity contribution in [3.63, 3.8) is 0 Å². The van der Waals surface area contributed by atoms with Crippen molar-refractivity contribution in [3.05, 3.63) is 84.2 Å². The van der Waals surface area contributed by atoms with Crippen molar-refractivity contribution in [2.45, 2.75) is 11.8 Å². The van der Waals surface area contributed by atoms with Crippen LogP contribution >= 0.6 is 0 Å². The fourth-order valence-corrected chi connectivity index (χ4v) is 3.49. The number of halogens is 1. The van der Waals surface area contributed by atoms with E-state index in [1.165, 1.54) is 24.3 Å². The molecule has 0 atom stereocenters. The third-order valence-electron chi connectivity index (χ3n) is 3.86. The maximum absolute atomic E-state index is 13.7. The van der Waals surface area contributed by atoms with Crippen molar-refractivity contribution in [3.8, 4) is 0 Å². The van der Waals surface area contributed by atoms with Crippen LogP contribution in [-0.4, -0.2) is 14.4 Å². The summed E-state index contributed by atoms with van der Waals surface area (Å²) in [5.41, 5.74) is 1.61. The Balaban J connectivity index is 1.72. The molecule has 144 valence electrons. The van der Waals surface area contributed by atoms with Crippen LogP contribution in [0.4, 0.5) is 26.2 Å². The van der Waals surface area contributed by atoms with E-state index >= 15 is 0 Å². The number of nitrogens with one attached hydrogen (secondary N) is 3. The van der Waals surface area contributed by atoms with Crippen molar-refractivity contribution in [1.29, 1.82) is 0 Å². The summed E-state index contributed by atoms with van der Waals surface area (Å²) in [7, 11) is -3.96. The second-order valence-corrected chi connectivity index (χ2v) is 7.72. The summed E-state index contributed by atoms with van der Waals surface area (Å²) in [6, 6.07) is 18.3. The third-order valence-corrected chi connectivity index (χ3v) is 5.24. The lowest BCUT2D eigenvalue weighted by Crippen LogP contribution is -2.19. The van der Waals surface area contributed by atoms with Gasteiger partial charge in [0.25, 0.3) is 10.0 Å². The van der Waals surface area contributed by atoms with Gasteiger partial charge >= 0.3 is 6.03 Å². The van der Waals surface area contributed by atoms with Gasteiger partial charge < -0.3 is 10.6 Å². The van der Waals surface area contributed by atoms with Gasteiger partial charge in [-0.15, -0.1) is 0 Å². The van der Waals surface area contributed by atoms with Gasteiger partial charge in [-0.25, -0.2) is 17.6 Å². The average Bonchev–Trinajstić information content (AvgIpc) is 2.64. The summed E-state index contributed by atoms with van der Waals surface area (Å²) in [5, 5.41) is 5.29. The Hall–Kier alpha value is -3.39. The fraction of sp³-hybridized carbons (Fsp3) is 0.0500. The summed E-state index contributed by atoms with van der Waals surface area (Å²) < 4.78 is 41.0. The van der Waals surface area contributed by atoms with Gasteiger partial charge in [0, 0.05) is 11.4 Å². The van der Waals surface area contributed by atoms with Crippen LogP contribution in [0.2, 0.25) is 0 Å². The van der Waals surface area contributed by atoms with Crippen LogP contribution in [0.25, 0.3) is 0 Å². The molecule has 0 radical (unpaired) electrons. The van der Waals surface area contributed by atoms with E-state index in [0.29, 0.717) is 16.9 Å². The number of hydrogen-bond donors (Lipinski definition) is 3. The third kappa shape index (κ3) is 4.86. The maximum atomic E-state index is 13.7. The number of anilines is 3. The minimum absolute atomic E-state index is 0.184. The highest BCUT2D eigenvalue weighted by Crippen LogP contribution is 2.21. The molecule has 0 fully saturated rings. The van der Waals surface area contributed by atoms with Gasteiger partial charge in [0.05, 0.1) is 10.6 Å². The van der Waals surface area contributed by atoms with E-state index in [0.717, 1.165) is 6.07 Å². The molecule has 6 nitrogen and oxygen atoms in total. The standard InChI is InChI=1S/C20H18FN3O3S/c1-14-10-11-18(13-19(14)21)28(26,27)24-17-9-5-8-16(12-17)23-20(25)22-15-6-3-2-4-7-15/h2-13,24H,1H3,(H2,22,23,25). The SMILES string of the molecule is Cc1ccc(S(=O)(=O)Nc2cccc(NC(=O)Nc3ccccc3)c2)cc1F. The van der Waals surface area contributed by atoms with Crippen molar-refractivity contribution in [1.82, 2.24) is 0 Å². The van der Waals surface area contributed by atoms with Gasteiger partial charge in [0.15, 0.2) is 0 Å². The van der Waals surface area contributed by atoms with E-state index in [1.807, 2.05) is 6.07 Å². The molecule has 0 heterocycles. The Morgan fingerprint density at radius 1 is 0.821 bits per heavy atom. The predicted molar refractivity (Wildman–Crippen MR) is 107 cm³/mol. The summed E-state index contributed by atoms with van der Waals surface area (Å²) in [6.07, 6.45) is 0. The van der Waals surface area contributed by atoms with Gasteiger partial charge in [0.1, 0.15) is 5.82 Å². The monoisotopic (exact) mass is 399 g/mol. The van der Waals surface area contributed by atoms with Crippen LogP contribution in [0.15, 0.2) is 77.7 Å². The number of rotatable bonds is 5. The Morgan fingerprint density at radius 2 is 1.46 bits per heavy atom. The van der Waals surface area contributed by atoms with E-state index in [-0.39, 0.29) is 10.6 Å². The van der Waals surface area contributed by atoms with Crippen LogP contribution in [0.1, 0.15) is 5.56 Å². The molecule has 2 amide bonds. The molecule has 3 aromatic carbocycles. The molecule has 0 spiro atoms. The first-order valence-corrected chi connectivity index (χ1v) is 9.84. The molecule has 0 aromatic heterocycles. The van der Waals surface area contributed by atoms with Gasteiger partial charge in [-0.3, -0.25) is 4.72 Å². The molecule has 8 heteroatoms. The average molecular weight is 399 g/mol.